The number of hydrogen-bond donors (Lipinski definition) is 1. The maximum Gasteiger partial charge on any atom is 0.246 e. The maximum absolute atomic E-state index is 13.6. The van der Waals surface area contributed by atoms with Crippen LogP contribution in [0.2, 0.25) is 0 Å². The predicted octanol–water partition coefficient (Wildman–Crippen LogP) is 4.63. The number of piperazine rings is 1. The van der Waals surface area contributed by atoms with Crippen LogP contribution in [0, 0.1) is 5.92 Å². The number of hydrogen-bond acceptors (Lipinski definition) is 4. The summed E-state index contributed by atoms with van der Waals surface area (Å²) in [4.78, 5) is 35.7. The topological polar surface area (TPSA) is 65.5 Å². The molecule has 0 aliphatic carbocycles. The van der Waals surface area contributed by atoms with Gasteiger partial charge < -0.3 is 15.1 Å². The van der Waals surface area contributed by atoms with Gasteiger partial charge >= 0.3 is 0 Å². The van der Waals surface area contributed by atoms with Crippen molar-refractivity contribution in [3.63, 3.8) is 0 Å². The molecule has 200 valence electrons. The molecule has 2 aromatic rings. The Morgan fingerprint density at radius 1 is 0.892 bits per heavy atom. The fourth-order valence-electron chi connectivity index (χ4n) is 5.93. The minimum atomic E-state index is -0.718. The molecule has 2 saturated heterocycles. The highest BCUT2D eigenvalue weighted by Gasteiger charge is 2.53. The molecule has 1 aromatic carbocycles. The molecule has 6 nitrogen and oxygen atoms in total. The van der Waals surface area contributed by atoms with Gasteiger partial charge in [-0.1, -0.05) is 57.0 Å². The Balaban J connectivity index is 1.30. The molecule has 37 heavy (non-hydrogen) atoms. The number of rotatable bonds is 12. The Labute approximate surface area is 222 Å². The molecule has 0 radical (unpaired) electrons. The third-order valence-corrected chi connectivity index (χ3v) is 8.11. The van der Waals surface area contributed by atoms with Crippen LogP contribution in [0.25, 0.3) is 0 Å². The van der Waals surface area contributed by atoms with Crippen molar-refractivity contribution in [1.82, 2.24) is 20.1 Å². The number of benzene rings is 1. The molecule has 6 heteroatoms. The van der Waals surface area contributed by atoms with Crippen LogP contribution in [0.15, 0.2) is 54.9 Å². The standard InChI is InChI=1S/C31H44N4O2/c1-25(2)24-28-29(36)35(21-15-27-13-18-32-19-14-27)31(30(37)33-28)16-22-34(23-17-31)20-9-4-3-6-10-26-11-7-5-8-12-26/h5,7-8,11-14,18-19,25,28H,3-4,6,9-10,15-17,20-24H2,1-2H3,(H,33,37)/t28-/m0/s1. The Bertz CT molecular complexity index is 987. The average molecular weight is 505 g/mol. The molecule has 0 saturated carbocycles. The number of unbranched alkanes of at least 4 members (excludes halogenated alkanes) is 3. The molecule has 1 aromatic heterocycles. The number of likely N-dealkylation sites (tertiary alicyclic amines) is 1. The molecule has 0 unspecified atom stereocenters. The lowest BCUT2D eigenvalue weighted by molar-refractivity contribution is -0.161. The molecule has 1 atom stereocenters. The van der Waals surface area contributed by atoms with E-state index in [-0.39, 0.29) is 11.8 Å². The van der Waals surface area contributed by atoms with E-state index in [0.717, 1.165) is 38.0 Å². The minimum Gasteiger partial charge on any atom is -0.342 e. The average Bonchev–Trinajstić information content (AvgIpc) is 2.91. The molecule has 0 bridgehead atoms. The second-order valence-corrected chi connectivity index (χ2v) is 11.3. The van der Waals surface area contributed by atoms with Gasteiger partial charge in [0.05, 0.1) is 0 Å². The van der Waals surface area contributed by atoms with Crippen LogP contribution in [0.5, 0.6) is 0 Å². The number of nitrogens with one attached hydrogen (secondary N) is 1. The molecule has 2 amide bonds. The van der Waals surface area contributed by atoms with Crippen LogP contribution in [-0.4, -0.2) is 64.4 Å². The second kappa shape index (κ2) is 13.2. The smallest absolute Gasteiger partial charge is 0.246 e. The SMILES string of the molecule is CC(C)C[C@@H]1NC(=O)C2(CCN(CCCCCCc3ccccc3)CC2)N(CCc2ccncc2)C1=O. The van der Waals surface area contributed by atoms with E-state index in [1.54, 1.807) is 12.4 Å². The van der Waals surface area contributed by atoms with Crippen LogP contribution in [0.4, 0.5) is 0 Å². The first-order valence-corrected chi connectivity index (χ1v) is 14.3. The number of pyridine rings is 1. The van der Waals surface area contributed by atoms with E-state index in [9.17, 15) is 9.59 Å². The molecule has 2 aliphatic heterocycles. The van der Waals surface area contributed by atoms with Crippen molar-refractivity contribution < 1.29 is 9.59 Å². The minimum absolute atomic E-state index is 0.0491. The van der Waals surface area contributed by atoms with Crippen LogP contribution in [-0.2, 0) is 22.4 Å². The summed E-state index contributed by atoms with van der Waals surface area (Å²) in [6.45, 7) is 7.59. The first-order valence-electron chi connectivity index (χ1n) is 14.3. The van der Waals surface area contributed by atoms with Gasteiger partial charge in [-0.2, -0.15) is 0 Å². The van der Waals surface area contributed by atoms with Crippen LogP contribution < -0.4 is 5.32 Å². The van der Waals surface area contributed by atoms with Crippen molar-refractivity contribution in [2.24, 2.45) is 5.92 Å². The molecule has 3 heterocycles. The van der Waals surface area contributed by atoms with Crippen molar-refractivity contribution in [3.05, 3.63) is 66.0 Å². The number of carbonyl (C=O) groups is 2. The van der Waals surface area contributed by atoms with E-state index in [4.69, 9.17) is 0 Å². The number of piperidine rings is 1. The van der Waals surface area contributed by atoms with Crippen molar-refractivity contribution in [1.29, 1.82) is 0 Å². The summed E-state index contributed by atoms with van der Waals surface area (Å²) in [5.74, 6) is 0.488. The summed E-state index contributed by atoms with van der Waals surface area (Å²) in [5.41, 5.74) is 1.85. The zero-order valence-corrected chi connectivity index (χ0v) is 22.7. The van der Waals surface area contributed by atoms with Crippen molar-refractivity contribution in [3.8, 4) is 0 Å². The van der Waals surface area contributed by atoms with Gasteiger partial charge in [0.15, 0.2) is 0 Å². The number of nitrogens with zero attached hydrogens (tertiary/aromatic N) is 3. The lowest BCUT2D eigenvalue weighted by Gasteiger charge is -2.52. The predicted molar refractivity (Wildman–Crippen MR) is 148 cm³/mol. The van der Waals surface area contributed by atoms with Crippen LogP contribution in [0.1, 0.15) is 69.9 Å². The maximum atomic E-state index is 13.6. The molecule has 4 rings (SSSR count). The van der Waals surface area contributed by atoms with E-state index in [2.05, 4.69) is 59.4 Å². The second-order valence-electron chi connectivity index (χ2n) is 11.3. The molecule has 1 N–H and O–H groups in total. The zero-order valence-electron chi connectivity index (χ0n) is 22.7. The molecule has 2 fully saturated rings. The van der Waals surface area contributed by atoms with Gasteiger partial charge in [0.25, 0.3) is 0 Å². The highest BCUT2D eigenvalue weighted by molar-refractivity contribution is 6.00. The van der Waals surface area contributed by atoms with Gasteiger partial charge in [-0.05, 0) is 80.7 Å². The van der Waals surface area contributed by atoms with Crippen molar-refractivity contribution >= 4 is 11.8 Å². The normalized spacial score (nSPS) is 20.0. The van der Waals surface area contributed by atoms with Crippen LogP contribution in [0.3, 0.4) is 0 Å². The first-order chi connectivity index (χ1) is 18.0. The summed E-state index contributed by atoms with van der Waals surface area (Å²) in [6, 6.07) is 14.3. The van der Waals surface area contributed by atoms with Gasteiger partial charge in [-0.15, -0.1) is 0 Å². The monoisotopic (exact) mass is 504 g/mol. The van der Waals surface area contributed by atoms with Gasteiger partial charge in [0, 0.05) is 32.0 Å². The van der Waals surface area contributed by atoms with Crippen LogP contribution >= 0.6 is 0 Å². The van der Waals surface area contributed by atoms with Crippen molar-refractivity contribution in [2.45, 2.75) is 83.2 Å². The molecule has 2 aliphatic rings. The highest BCUT2D eigenvalue weighted by atomic mass is 16.2. The van der Waals surface area contributed by atoms with Gasteiger partial charge in [0.2, 0.25) is 11.8 Å². The first kappa shape index (κ1) is 27.3. The summed E-state index contributed by atoms with van der Waals surface area (Å²) < 4.78 is 0. The summed E-state index contributed by atoms with van der Waals surface area (Å²) >= 11 is 0. The Hall–Kier alpha value is -2.73. The molecular weight excluding hydrogens is 460 g/mol. The number of aromatic nitrogens is 1. The lowest BCUT2D eigenvalue weighted by atomic mass is 9.80. The summed E-state index contributed by atoms with van der Waals surface area (Å²) in [7, 11) is 0. The van der Waals surface area contributed by atoms with Gasteiger partial charge in [-0.3, -0.25) is 14.6 Å². The molecular formula is C31H44N4O2. The zero-order chi connectivity index (χ0) is 26.1. The third-order valence-electron chi connectivity index (χ3n) is 8.11. The largest absolute Gasteiger partial charge is 0.342 e. The van der Waals surface area contributed by atoms with E-state index in [1.165, 1.54) is 31.2 Å². The van der Waals surface area contributed by atoms with E-state index >= 15 is 0 Å². The van der Waals surface area contributed by atoms with Gasteiger partial charge in [0.1, 0.15) is 11.6 Å². The lowest BCUT2D eigenvalue weighted by Crippen LogP contribution is -2.73. The fraction of sp³-hybridized carbons (Fsp3) is 0.581. The Kier molecular flexibility index (Phi) is 9.73. The van der Waals surface area contributed by atoms with E-state index in [0.29, 0.717) is 31.7 Å². The Morgan fingerprint density at radius 2 is 1.57 bits per heavy atom. The third kappa shape index (κ3) is 7.19. The molecule has 1 spiro atoms. The number of amides is 2. The Morgan fingerprint density at radius 3 is 2.27 bits per heavy atom. The van der Waals surface area contributed by atoms with Gasteiger partial charge in [-0.25, -0.2) is 0 Å². The summed E-state index contributed by atoms with van der Waals surface area (Å²) in [5, 5.41) is 3.12. The van der Waals surface area contributed by atoms with Crippen molar-refractivity contribution in [2.75, 3.05) is 26.2 Å². The quantitative estimate of drug-likeness (QED) is 0.428. The summed E-state index contributed by atoms with van der Waals surface area (Å²) in [6.07, 6.45) is 12.5. The van der Waals surface area contributed by atoms with E-state index in [1.807, 2.05) is 17.0 Å². The van der Waals surface area contributed by atoms with E-state index < -0.39 is 11.6 Å². The highest BCUT2D eigenvalue weighted by Crippen LogP contribution is 2.34. The fourth-order valence-corrected chi connectivity index (χ4v) is 5.93. The number of aryl methyl sites for hydroxylation is 1. The number of carbonyl (C=O) groups excluding carboxylic acids is 2.